The number of carbonyl (C=O) groups excluding carboxylic acids is 1. The molecule has 14 heavy (non-hydrogen) atoms. The number of piperazine rings is 1. The van der Waals surface area contributed by atoms with Gasteiger partial charge in [0.05, 0.1) is 10.5 Å². The van der Waals surface area contributed by atoms with Crippen LogP contribution in [0.15, 0.2) is 0 Å². The number of rotatable bonds is 2. The van der Waals surface area contributed by atoms with Crippen molar-refractivity contribution in [2.75, 3.05) is 26.7 Å². The highest BCUT2D eigenvalue weighted by Crippen LogP contribution is 2.20. The average Bonchev–Trinajstić information content (AvgIpc) is 2.07. The lowest BCUT2D eigenvalue weighted by atomic mass is 9.98. The van der Waals surface area contributed by atoms with Crippen molar-refractivity contribution in [2.24, 2.45) is 5.73 Å². The molecule has 1 aliphatic heterocycles. The normalized spacial score (nSPS) is 22.5. The first-order chi connectivity index (χ1) is 6.35. The summed E-state index contributed by atoms with van der Waals surface area (Å²) in [5.41, 5.74) is 5.00. The van der Waals surface area contributed by atoms with Gasteiger partial charge in [-0.1, -0.05) is 12.2 Å². The van der Waals surface area contributed by atoms with E-state index in [1.165, 1.54) is 0 Å². The van der Waals surface area contributed by atoms with E-state index in [4.69, 9.17) is 18.0 Å². The van der Waals surface area contributed by atoms with Gasteiger partial charge in [0.1, 0.15) is 0 Å². The van der Waals surface area contributed by atoms with E-state index < -0.39 is 5.54 Å². The predicted molar refractivity (Wildman–Crippen MR) is 60.1 cm³/mol. The predicted octanol–water partition coefficient (Wildman–Crippen LogP) is -0.175. The number of nitrogens with two attached hydrogens (primary N) is 1. The molecule has 5 heteroatoms. The molecule has 0 unspecified atom stereocenters. The van der Waals surface area contributed by atoms with Crippen molar-refractivity contribution in [3.05, 3.63) is 0 Å². The van der Waals surface area contributed by atoms with Crippen LogP contribution < -0.4 is 5.73 Å². The van der Waals surface area contributed by atoms with Crippen molar-refractivity contribution >= 4 is 23.1 Å². The molecule has 0 saturated carbocycles. The van der Waals surface area contributed by atoms with Gasteiger partial charge in [-0.15, -0.1) is 0 Å². The van der Waals surface area contributed by atoms with E-state index in [0.717, 1.165) is 13.1 Å². The second-order valence-electron chi connectivity index (χ2n) is 4.17. The third-order valence-corrected chi connectivity index (χ3v) is 2.84. The summed E-state index contributed by atoms with van der Waals surface area (Å²) in [6.07, 6.45) is 0. The Morgan fingerprint density at radius 2 is 2.14 bits per heavy atom. The van der Waals surface area contributed by atoms with Crippen LogP contribution in [-0.4, -0.2) is 52.9 Å². The standard InChI is InChI=1S/C9H17N3OS/c1-9(2)8(13)11(3)4-5-12(9)6-7(10)14/h4-6H2,1-3H3,(H2,10,14). The summed E-state index contributed by atoms with van der Waals surface area (Å²) < 4.78 is 0. The van der Waals surface area contributed by atoms with Crippen molar-refractivity contribution in [3.8, 4) is 0 Å². The first-order valence-corrected chi connectivity index (χ1v) is 5.05. The lowest BCUT2D eigenvalue weighted by Crippen LogP contribution is -2.63. The fourth-order valence-corrected chi connectivity index (χ4v) is 1.87. The summed E-state index contributed by atoms with van der Waals surface area (Å²) in [4.78, 5) is 16.1. The molecule has 0 aromatic carbocycles. The summed E-state index contributed by atoms with van der Waals surface area (Å²) in [6, 6.07) is 0. The summed E-state index contributed by atoms with van der Waals surface area (Å²) in [5, 5.41) is 0. The topological polar surface area (TPSA) is 49.6 Å². The van der Waals surface area contributed by atoms with E-state index in [1.807, 2.05) is 25.8 Å². The second kappa shape index (κ2) is 3.82. The number of thiocarbonyl (C=S) groups is 1. The molecule has 0 aromatic rings. The molecular weight excluding hydrogens is 198 g/mol. The van der Waals surface area contributed by atoms with Gasteiger partial charge in [0, 0.05) is 26.7 Å². The van der Waals surface area contributed by atoms with E-state index >= 15 is 0 Å². The second-order valence-corrected chi connectivity index (χ2v) is 4.70. The van der Waals surface area contributed by atoms with Crippen LogP contribution in [0.5, 0.6) is 0 Å². The van der Waals surface area contributed by atoms with Crippen LogP contribution in [0.1, 0.15) is 13.8 Å². The first kappa shape index (κ1) is 11.4. The molecule has 0 radical (unpaired) electrons. The molecule has 4 nitrogen and oxygen atoms in total. The SMILES string of the molecule is CN1CCN(CC(N)=S)C(C)(C)C1=O. The van der Waals surface area contributed by atoms with Crippen LogP contribution in [0, 0.1) is 0 Å². The third kappa shape index (κ3) is 2.04. The summed E-state index contributed by atoms with van der Waals surface area (Å²) in [6.45, 7) is 5.89. The Kier molecular flexibility index (Phi) is 3.11. The number of amides is 1. The van der Waals surface area contributed by atoms with Gasteiger partial charge < -0.3 is 10.6 Å². The van der Waals surface area contributed by atoms with Crippen LogP contribution in [0.4, 0.5) is 0 Å². The maximum absolute atomic E-state index is 11.8. The molecule has 0 aromatic heterocycles. The Morgan fingerprint density at radius 1 is 1.57 bits per heavy atom. The fraction of sp³-hybridized carbons (Fsp3) is 0.778. The zero-order valence-corrected chi connectivity index (χ0v) is 9.73. The number of hydrogen-bond donors (Lipinski definition) is 1. The van der Waals surface area contributed by atoms with E-state index in [2.05, 4.69) is 0 Å². The Balaban J connectivity index is 2.79. The third-order valence-electron chi connectivity index (χ3n) is 2.71. The Hall–Kier alpha value is -0.680. The van der Waals surface area contributed by atoms with Gasteiger partial charge in [-0.25, -0.2) is 0 Å². The minimum Gasteiger partial charge on any atom is -0.392 e. The molecule has 0 aliphatic carbocycles. The molecule has 0 bridgehead atoms. The van der Waals surface area contributed by atoms with Gasteiger partial charge in [-0.3, -0.25) is 9.69 Å². The van der Waals surface area contributed by atoms with Gasteiger partial charge in [0.15, 0.2) is 0 Å². The Labute approximate surface area is 90.0 Å². The van der Waals surface area contributed by atoms with Crippen molar-refractivity contribution in [1.29, 1.82) is 0 Å². The minimum atomic E-state index is -0.490. The van der Waals surface area contributed by atoms with Crippen molar-refractivity contribution in [2.45, 2.75) is 19.4 Å². The molecule has 1 aliphatic rings. The summed E-state index contributed by atoms with van der Waals surface area (Å²) in [5.74, 6) is 0.125. The first-order valence-electron chi connectivity index (χ1n) is 4.64. The van der Waals surface area contributed by atoms with Gasteiger partial charge in [-0.05, 0) is 13.8 Å². The molecule has 1 fully saturated rings. The molecule has 80 valence electrons. The van der Waals surface area contributed by atoms with Crippen LogP contribution in [0.25, 0.3) is 0 Å². The highest BCUT2D eigenvalue weighted by atomic mass is 32.1. The van der Waals surface area contributed by atoms with Crippen molar-refractivity contribution < 1.29 is 4.79 Å². The monoisotopic (exact) mass is 215 g/mol. The van der Waals surface area contributed by atoms with Gasteiger partial charge in [-0.2, -0.15) is 0 Å². The maximum atomic E-state index is 11.8. The zero-order valence-electron chi connectivity index (χ0n) is 8.91. The molecule has 1 rings (SSSR count). The van der Waals surface area contributed by atoms with E-state index in [-0.39, 0.29) is 5.91 Å². The molecule has 2 N–H and O–H groups in total. The Morgan fingerprint density at radius 3 is 2.64 bits per heavy atom. The Bertz CT molecular complexity index is 265. The van der Waals surface area contributed by atoms with E-state index in [0.29, 0.717) is 11.5 Å². The highest BCUT2D eigenvalue weighted by molar-refractivity contribution is 7.80. The van der Waals surface area contributed by atoms with Crippen LogP contribution in [-0.2, 0) is 4.79 Å². The largest absolute Gasteiger partial charge is 0.392 e. The molecule has 1 heterocycles. The molecule has 1 saturated heterocycles. The quantitative estimate of drug-likeness (QED) is 0.650. The smallest absolute Gasteiger partial charge is 0.242 e. The van der Waals surface area contributed by atoms with E-state index in [9.17, 15) is 4.79 Å². The number of nitrogens with zero attached hydrogens (tertiary/aromatic N) is 2. The van der Waals surface area contributed by atoms with Gasteiger partial charge in [0.25, 0.3) is 0 Å². The number of hydrogen-bond acceptors (Lipinski definition) is 3. The van der Waals surface area contributed by atoms with Gasteiger partial charge in [0.2, 0.25) is 5.91 Å². The molecular formula is C9H17N3OS. The molecule has 1 amide bonds. The fourth-order valence-electron chi connectivity index (χ4n) is 1.72. The lowest BCUT2D eigenvalue weighted by molar-refractivity contribution is -0.146. The maximum Gasteiger partial charge on any atom is 0.242 e. The van der Waals surface area contributed by atoms with Crippen LogP contribution in [0.2, 0.25) is 0 Å². The van der Waals surface area contributed by atoms with Crippen LogP contribution in [0.3, 0.4) is 0 Å². The summed E-state index contributed by atoms with van der Waals surface area (Å²) in [7, 11) is 1.82. The van der Waals surface area contributed by atoms with Crippen LogP contribution >= 0.6 is 12.2 Å². The molecule has 0 atom stereocenters. The van der Waals surface area contributed by atoms with Gasteiger partial charge >= 0.3 is 0 Å². The van der Waals surface area contributed by atoms with Crippen molar-refractivity contribution in [1.82, 2.24) is 9.80 Å². The van der Waals surface area contributed by atoms with Crippen molar-refractivity contribution in [3.63, 3.8) is 0 Å². The molecule has 0 spiro atoms. The average molecular weight is 215 g/mol. The lowest BCUT2D eigenvalue weighted by Gasteiger charge is -2.44. The minimum absolute atomic E-state index is 0.125. The van der Waals surface area contributed by atoms with E-state index in [1.54, 1.807) is 4.90 Å². The zero-order chi connectivity index (χ0) is 10.9. The summed E-state index contributed by atoms with van der Waals surface area (Å²) >= 11 is 4.86. The number of likely N-dealkylation sites (N-methyl/N-ethyl adjacent to an activating group) is 1. The highest BCUT2D eigenvalue weighted by Gasteiger charge is 2.40. The number of carbonyl (C=O) groups is 1.